The maximum atomic E-state index is 5.48. The number of hydrogen-bond acceptors (Lipinski definition) is 6. The van der Waals surface area contributed by atoms with Crippen molar-refractivity contribution in [2.45, 2.75) is 32.6 Å². The number of rotatable bonds is 4. The first kappa shape index (κ1) is 18.4. The van der Waals surface area contributed by atoms with Gasteiger partial charge in [0.2, 0.25) is 5.88 Å². The summed E-state index contributed by atoms with van der Waals surface area (Å²) in [6.07, 6.45) is 4.17. The van der Waals surface area contributed by atoms with Crippen LogP contribution >= 0.6 is 0 Å². The SMILES string of the molecule is COc1cc(-n2ncc3cc(C)c(C4CCNCC4)nc32)cc(N2CC(C)C2)n1. The van der Waals surface area contributed by atoms with Gasteiger partial charge in [0, 0.05) is 42.2 Å². The molecular weight excluding hydrogens is 364 g/mol. The number of hydrogen-bond donors (Lipinski definition) is 1. The minimum Gasteiger partial charge on any atom is -0.481 e. The fraction of sp³-hybridized carbons (Fsp3) is 0.500. The third-order valence-corrected chi connectivity index (χ3v) is 6.11. The molecule has 5 heterocycles. The second-order valence-electron chi connectivity index (χ2n) is 8.42. The van der Waals surface area contributed by atoms with Crippen molar-refractivity contribution < 1.29 is 4.74 Å². The standard InChI is InChI=1S/C22H28N6O/c1-14-12-27(13-14)19-9-18(10-20(25-19)29-3)28-22-17(11-24-28)8-15(2)21(26-22)16-4-6-23-7-5-16/h8-11,14,16,23H,4-7,12-13H2,1-3H3. The van der Waals surface area contributed by atoms with Crippen molar-refractivity contribution in [3.63, 3.8) is 0 Å². The highest BCUT2D eigenvalue weighted by atomic mass is 16.5. The fourth-order valence-corrected chi connectivity index (χ4v) is 4.53. The van der Waals surface area contributed by atoms with Gasteiger partial charge in [-0.15, -0.1) is 0 Å². The number of methoxy groups -OCH3 is 1. The molecule has 0 saturated carbocycles. The molecule has 2 aliphatic rings. The first-order chi connectivity index (χ1) is 14.1. The van der Waals surface area contributed by atoms with Gasteiger partial charge in [-0.3, -0.25) is 0 Å². The van der Waals surface area contributed by atoms with Crippen LogP contribution < -0.4 is 15.0 Å². The summed E-state index contributed by atoms with van der Waals surface area (Å²) >= 11 is 0. The van der Waals surface area contributed by atoms with Crippen LogP contribution in [0, 0.1) is 12.8 Å². The highest BCUT2D eigenvalue weighted by molar-refractivity contribution is 5.78. The van der Waals surface area contributed by atoms with Gasteiger partial charge in [-0.05, 0) is 50.4 Å². The topological polar surface area (TPSA) is 68.1 Å². The van der Waals surface area contributed by atoms with Crippen molar-refractivity contribution in [1.29, 1.82) is 0 Å². The maximum absolute atomic E-state index is 5.48. The molecule has 1 N–H and O–H groups in total. The maximum Gasteiger partial charge on any atom is 0.217 e. The van der Waals surface area contributed by atoms with Crippen LogP contribution in [-0.4, -0.2) is 53.0 Å². The number of aromatic nitrogens is 4. The van der Waals surface area contributed by atoms with E-state index in [1.54, 1.807) is 7.11 Å². The van der Waals surface area contributed by atoms with Crippen LogP contribution in [0.25, 0.3) is 16.7 Å². The molecule has 0 aliphatic carbocycles. The zero-order valence-electron chi connectivity index (χ0n) is 17.4. The predicted octanol–water partition coefficient (Wildman–Crippen LogP) is 3.06. The monoisotopic (exact) mass is 392 g/mol. The number of ether oxygens (including phenoxy) is 1. The molecular formula is C22H28N6O. The van der Waals surface area contributed by atoms with Gasteiger partial charge in [-0.1, -0.05) is 6.92 Å². The van der Waals surface area contributed by atoms with E-state index in [9.17, 15) is 0 Å². The van der Waals surface area contributed by atoms with Gasteiger partial charge in [-0.25, -0.2) is 9.67 Å². The molecule has 29 heavy (non-hydrogen) atoms. The summed E-state index contributed by atoms with van der Waals surface area (Å²) in [5.41, 5.74) is 4.31. The summed E-state index contributed by atoms with van der Waals surface area (Å²) in [6, 6.07) is 6.25. The summed E-state index contributed by atoms with van der Waals surface area (Å²) in [4.78, 5) is 12.0. The molecule has 3 aromatic rings. The molecule has 3 aromatic heterocycles. The van der Waals surface area contributed by atoms with E-state index in [1.165, 1.54) is 11.3 Å². The van der Waals surface area contributed by atoms with E-state index in [0.29, 0.717) is 17.7 Å². The largest absolute Gasteiger partial charge is 0.481 e. The van der Waals surface area contributed by atoms with Crippen LogP contribution in [0.2, 0.25) is 0 Å². The molecule has 7 heteroatoms. The number of piperidine rings is 1. The van der Waals surface area contributed by atoms with Crippen LogP contribution in [0.5, 0.6) is 5.88 Å². The number of fused-ring (bicyclic) bond motifs is 1. The lowest BCUT2D eigenvalue weighted by molar-refractivity contribution is 0.393. The molecule has 0 atom stereocenters. The van der Waals surface area contributed by atoms with E-state index >= 15 is 0 Å². The minimum absolute atomic E-state index is 0.508. The molecule has 0 spiro atoms. The number of nitrogens with zero attached hydrogens (tertiary/aromatic N) is 5. The van der Waals surface area contributed by atoms with E-state index in [1.807, 2.05) is 16.9 Å². The zero-order chi connectivity index (χ0) is 20.0. The van der Waals surface area contributed by atoms with Crippen molar-refractivity contribution in [2.24, 2.45) is 5.92 Å². The van der Waals surface area contributed by atoms with Gasteiger partial charge in [0.1, 0.15) is 5.82 Å². The molecule has 0 unspecified atom stereocenters. The molecule has 2 aliphatic heterocycles. The summed E-state index contributed by atoms with van der Waals surface area (Å²) in [6.45, 7) is 8.59. The highest BCUT2D eigenvalue weighted by Gasteiger charge is 2.25. The van der Waals surface area contributed by atoms with Gasteiger partial charge in [0.15, 0.2) is 5.65 Å². The predicted molar refractivity (Wildman–Crippen MR) is 114 cm³/mol. The second kappa shape index (κ2) is 7.30. The lowest BCUT2D eigenvalue weighted by atomic mass is 9.91. The molecule has 5 rings (SSSR count). The zero-order valence-corrected chi connectivity index (χ0v) is 17.4. The van der Waals surface area contributed by atoms with Crippen molar-refractivity contribution in [2.75, 3.05) is 38.2 Å². The Kier molecular flexibility index (Phi) is 4.62. The molecule has 0 amide bonds. The lowest BCUT2D eigenvalue weighted by Crippen LogP contribution is -2.45. The minimum atomic E-state index is 0.508. The summed E-state index contributed by atoms with van der Waals surface area (Å²) in [5, 5.41) is 9.18. The van der Waals surface area contributed by atoms with Crippen molar-refractivity contribution >= 4 is 16.9 Å². The quantitative estimate of drug-likeness (QED) is 0.736. The molecule has 152 valence electrons. The molecule has 0 radical (unpaired) electrons. The number of anilines is 1. The lowest BCUT2D eigenvalue weighted by Gasteiger charge is -2.38. The summed E-state index contributed by atoms with van der Waals surface area (Å²) in [5.74, 6) is 2.75. The average molecular weight is 393 g/mol. The van der Waals surface area contributed by atoms with E-state index in [2.05, 4.69) is 46.3 Å². The first-order valence-electron chi connectivity index (χ1n) is 10.5. The van der Waals surface area contributed by atoms with Gasteiger partial charge >= 0.3 is 0 Å². The van der Waals surface area contributed by atoms with Gasteiger partial charge in [-0.2, -0.15) is 10.1 Å². The molecule has 0 bridgehead atoms. The van der Waals surface area contributed by atoms with E-state index in [-0.39, 0.29) is 0 Å². The van der Waals surface area contributed by atoms with E-state index in [0.717, 1.165) is 61.6 Å². The van der Waals surface area contributed by atoms with E-state index < -0.39 is 0 Å². The summed E-state index contributed by atoms with van der Waals surface area (Å²) < 4.78 is 7.41. The average Bonchev–Trinajstić information content (AvgIpc) is 3.13. The fourth-order valence-electron chi connectivity index (χ4n) is 4.53. The Morgan fingerprint density at radius 3 is 2.62 bits per heavy atom. The van der Waals surface area contributed by atoms with Gasteiger partial charge in [0.25, 0.3) is 0 Å². The van der Waals surface area contributed by atoms with Crippen LogP contribution in [0.3, 0.4) is 0 Å². The van der Waals surface area contributed by atoms with Crippen LogP contribution in [0.4, 0.5) is 5.82 Å². The van der Waals surface area contributed by atoms with Crippen molar-refractivity contribution in [1.82, 2.24) is 25.1 Å². The Morgan fingerprint density at radius 2 is 1.90 bits per heavy atom. The number of aryl methyl sites for hydroxylation is 1. The molecule has 7 nitrogen and oxygen atoms in total. The highest BCUT2D eigenvalue weighted by Crippen LogP contribution is 2.31. The molecule has 0 aromatic carbocycles. The Bertz CT molecular complexity index is 1030. The number of pyridine rings is 2. The van der Waals surface area contributed by atoms with Crippen molar-refractivity contribution in [3.8, 4) is 11.6 Å². The Balaban J connectivity index is 1.58. The number of nitrogens with one attached hydrogen (secondary N) is 1. The van der Waals surface area contributed by atoms with E-state index in [4.69, 9.17) is 9.72 Å². The van der Waals surface area contributed by atoms with Crippen LogP contribution in [0.1, 0.15) is 36.9 Å². The van der Waals surface area contributed by atoms with Crippen LogP contribution in [-0.2, 0) is 0 Å². The van der Waals surface area contributed by atoms with Gasteiger partial charge in [0.05, 0.1) is 19.0 Å². The molecule has 2 saturated heterocycles. The van der Waals surface area contributed by atoms with Crippen molar-refractivity contribution in [3.05, 3.63) is 35.7 Å². The van der Waals surface area contributed by atoms with Gasteiger partial charge < -0.3 is 15.0 Å². The first-order valence-corrected chi connectivity index (χ1v) is 10.5. The second-order valence-corrected chi connectivity index (χ2v) is 8.42. The van der Waals surface area contributed by atoms with Crippen LogP contribution in [0.15, 0.2) is 24.4 Å². The Hall–Kier alpha value is -2.67. The molecule has 2 fully saturated rings. The normalized spacial score (nSPS) is 18.2. The third-order valence-electron chi connectivity index (χ3n) is 6.11. The Labute approximate surface area is 171 Å². The Morgan fingerprint density at radius 1 is 1.10 bits per heavy atom. The third kappa shape index (κ3) is 3.33. The summed E-state index contributed by atoms with van der Waals surface area (Å²) in [7, 11) is 1.66. The smallest absolute Gasteiger partial charge is 0.217 e.